The Morgan fingerprint density at radius 1 is 1.00 bits per heavy atom. The van der Waals surface area contributed by atoms with Crippen molar-refractivity contribution >= 4 is 11.6 Å². The van der Waals surface area contributed by atoms with Crippen LogP contribution >= 0.6 is 0 Å². The lowest BCUT2D eigenvalue weighted by atomic mass is 9.89. The van der Waals surface area contributed by atoms with Crippen molar-refractivity contribution in [3.05, 3.63) is 71.8 Å². The van der Waals surface area contributed by atoms with Gasteiger partial charge < -0.3 is 0 Å². The number of piperidine rings is 1. The number of rotatable bonds is 5. The average molecular weight is 307 g/mol. The number of ketones is 2. The van der Waals surface area contributed by atoms with Crippen molar-refractivity contribution in [1.29, 1.82) is 0 Å². The van der Waals surface area contributed by atoms with Gasteiger partial charge in [-0.2, -0.15) is 0 Å². The highest BCUT2D eigenvalue weighted by Gasteiger charge is 2.29. The molecule has 0 saturated carbocycles. The van der Waals surface area contributed by atoms with E-state index in [4.69, 9.17) is 0 Å². The lowest BCUT2D eigenvalue weighted by Gasteiger charge is -2.31. The Hall–Kier alpha value is -2.26. The van der Waals surface area contributed by atoms with E-state index in [1.165, 1.54) is 5.56 Å². The first-order chi connectivity index (χ1) is 11.2. The molecule has 1 aliphatic heterocycles. The molecule has 1 aliphatic rings. The average Bonchev–Trinajstić information content (AvgIpc) is 2.59. The third-order valence-electron chi connectivity index (χ3n) is 4.38. The minimum absolute atomic E-state index is 0.0607. The highest BCUT2D eigenvalue weighted by atomic mass is 16.1. The highest BCUT2D eigenvalue weighted by molar-refractivity contribution is 5.99. The monoisotopic (exact) mass is 307 g/mol. The van der Waals surface area contributed by atoms with Crippen LogP contribution in [0.15, 0.2) is 60.7 Å². The van der Waals surface area contributed by atoms with Crippen molar-refractivity contribution < 1.29 is 9.59 Å². The molecule has 2 aromatic rings. The fraction of sp³-hybridized carbons (Fsp3) is 0.300. The molecular formula is C20H21NO2. The summed E-state index contributed by atoms with van der Waals surface area (Å²) in [4.78, 5) is 26.8. The summed E-state index contributed by atoms with van der Waals surface area (Å²) in [6.07, 6.45) is 0.855. The Morgan fingerprint density at radius 2 is 1.65 bits per heavy atom. The second-order valence-corrected chi connectivity index (χ2v) is 6.13. The summed E-state index contributed by atoms with van der Waals surface area (Å²) in [5.74, 6) is 0.101. The van der Waals surface area contributed by atoms with E-state index in [0.29, 0.717) is 24.9 Å². The van der Waals surface area contributed by atoms with Crippen molar-refractivity contribution in [3.63, 3.8) is 0 Å². The second kappa shape index (κ2) is 7.34. The van der Waals surface area contributed by atoms with E-state index in [9.17, 15) is 9.59 Å². The zero-order valence-corrected chi connectivity index (χ0v) is 13.2. The smallest absolute Gasteiger partial charge is 0.163 e. The van der Waals surface area contributed by atoms with E-state index in [0.717, 1.165) is 13.1 Å². The van der Waals surface area contributed by atoms with Gasteiger partial charge in [0.05, 0.1) is 0 Å². The first kappa shape index (κ1) is 15.6. The summed E-state index contributed by atoms with van der Waals surface area (Å²) >= 11 is 0. The van der Waals surface area contributed by atoms with Crippen LogP contribution in [-0.2, 0) is 11.3 Å². The van der Waals surface area contributed by atoms with Gasteiger partial charge in [0.2, 0.25) is 0 Å². The topological polar surface area (TPSA) is 37.4 Å². The molecule has 3 heteroatoms. The molecule has 3 nitrogen and oxygen atoms in total. The molecular weight excluding hydrogens is 286 g/mol. The van der Waals surface area contributed by atoms with Gasteiger partial charge in [-0.25, -0.2) is 0 Å². The van der Waals surface area contributed by atoms with Gasteiger partial charge in [-0.05, 0) is 5.56 Å². The van der Waals surface area contributed by atoms with Crippen molar-refractivity contribution in [2.75, 3.05) is 13.1 Å². The molecule has 118 valence electrons. The molecule has 0 spiro atoms. The Balaban J connectivity index is 1.62. The van der Waals surface area contributed by atoms with Crippen LogP contribution in [0.4, 0.5) is 0 Å². The third kappa shape index (κ3) is 4.14. The maximum atomic E-state index is 12.4. The molecule has 0 N–H and O–H groups in total. The summed E-state index contributed by atoms with van der Waals surface area (Å²) < 4.78 is 0. The zero-order chi connectivity index (χ0) is 16.1. The first-order valence-corrected chi connectivity index (χ1v) is 8.09. The maximum Gasteiger partial charge on any atom is 0.163 e. The van der Waals surface area contributed by atoms with Crippen molar-refractivity contribution in [2.45, 2.75) is 19.4 Å². The lowest BCUT2D eigenvalue weighted by molar-refractivity contribution is -0.126. The molecule has 0 radical (unpaired) electrons. The van der Waals surface area contributed by atoms with E-state index in [2.05, 4.69) is 17.0 Å². The fourth-order valence-electron chi connectivity index (χ4n) is 3.11. The molecule has 3 rings (SSSR count). The standard InChI is InChI=1S/C20H21NO2/c22-19-11-12-21(14-16-7-3-1-4-8-16)15-18(19)13-20(23)17-9-5-2-6-10-17/h1-10,18H,11-15H2/t18-/m0/s1. The third-order valence-corrected chi connectivity index (χ3v) is 4.38. The van der Waals surface area contributed by atoms with Gasteiger partial charge in [-0.1, -0.05) is 60.7 Å². The van der Waals surface area contributed by atoms with Crippen molar-refractivity contribution in [1.82, 2.24) is 4.90 Å². The minimum atomic E-state index is -0.180. The van der Waals surface area contributed by atoms with E-state index in [1.54, 1.807) is 0 Å². The number of carbonyl (C=O) groups excluding carboxylic acids is 2. The van der Waals surface area contributed by atoms with Crippen LogP contribution in [0.2, 0.25) is 0 Å². The quantitative estimate of drug-likeness (QED) is 0.795. The number of nitrogens with zero attached hydrogens (tertiary/aromatic N) is 1. The van der Waals surface area contributed by atoms with Gasteiger partial charge >= 0.3 is 0 Å². The number of Topliss-reactive ketones (excluding diaryl/α,β-unsaturated/α-hetero) is 2. The number of likely N-dealkylation sites (tertiary alicyclic amines) is 1. The van der Waals surface area contributed by atoms with E-state index in [-0.39, 0.29) is 17.5 Å². The van der Waals surface area contributed by atoms with Crippen molar-refractivity contribution in [2.24, 2.45) is 5.92 Å². The lowest BCUT2D eigenvalue weighted by Crippen LogP contribution is -2.41. The summed E-state index contributed by atoms with van der Waals surface area (Å²) in [5, 5.41) is 0. The van der Waals surface area contributed by atoms with Gasteiger partial charge in [0.15, 0.2) is 5.78 Å². The number of hydrogen-bond donors (Lipinski definition) is 0. The number of benzene rings is 2. The number of carbonyl (C=O) groups is 2. The van der Waals surface area contributed by atoms with Gasteiger partial charge in [0.1, 0.15) is 5.78 Å². The van der Waals surface area contributed by atoms with E-state index < -0.39 is 0 Å². The van der Waals surface area contributed by atoms with E-state index in [1.807, 2.05) is 48.5 Å². The first-order valence-electron chi connectivity index (χ1n) is 8.09. The molecule has 0 aromatic heterocycles. The molecule has 1 fully saturated rings. The summed E-state index contributed by atoms with van der Waals surface area (Å²) in [6, 6.07) is 19.5. The van der Waals surface area contributed by atoms with Crippen LogP contribution < -0.4 is 0 Å². The SMILES string of the molecule is O=C(C[C@H]1CN(Cc2ccccc2)CCC1=O)c1ccccc1. The van der Waals surface area contributed by atoms with Crippen LogP contribution in [0.3, 0.4) is 0 Å². The Morgan fingerprint density at radius 3 is 2.35 bits per heavy atom. The maximum absolute atomic E-state index is 12.4. The van der Waals surface area contributed by atoms with Crippen LogP contribution in [0, 0.1) is 5.92 Å². The second-order valence-electron chi connectivity index (χ2n) is 6.13. The predicted molar refractivity (Wildman–Crippen MR) is 90.2 cm³/mol. The largest absolute Gasteiger partial charge is 0.299 e. The van der Waals surface area contributed by atoms with Crippen LogP contribution in [0.1, 0.15) is 28.8 Å². The van der Waals surface area contributed by atoms with Crippen LogP contribution in [0.5, 0.6) is 0 Å². The van der Waals surface area contributed by atoms with E-state index >= 15 is 0 Å². The Bertz CT molecular complexity index is 667. The molecule has 1 heterocycles. The molecule has 0 unspecified atom stereocenters. The summed E-state index contributed by atoms with van der Waals surface area (Å²) in [5.41, 5.74) is 1.94. The minimum Gasteiger partial charge on any atom is -0.299 e. The zero-order valence-electron chi connectivity index (χ0n) is 13.2. The van der Waals surface area contributed by atoms with Gasteiger partial charge in [-0.15, -0.1) is 0 Å². The summed E-state index contributed by atoms with van der Waals surface area (Å²) in [6.45, 7) is 2.29. The van der Waals surface area contributed by atoms with Crippen LogP contribution in [-0.4, -0.2) is 29.6 Å². The number of hydrogen-bond acceptors (Lipinski definition) is 3. The molecule has 0 amide bonds. The van der Waals surface area contributed by atoms with Gasteiger partial charge in [0, 0.05) is 44.0 Å². The highest BCUT2D eigenvalue weighted by Crippen LogP contribution is 2.20. The molecule has 2 aromatic carbocycles. The Labute approximate surface area is 136 Å². The van der Waals surface area contributed by atoms with Gasteiger partial charge in [-0.3, -0.25) is 14.5 Å². The van der Waals surface area contributed by atoms with Gasteiger partial charge in [0.25, 0.3) is 0 Å². The molecule has 0 bridgehead atoms. The predicted octanol–water partition coefficient (Wildman–Crippen LogP) is 3.35. The molecule has 0 aliphatic carbocycles. The Kier molecular flexibility index (Phi) is 4.99. The molecule has 1 saturated heterocycles. The normalized spacial score (nSPS) is 18.8. The fourth-order valence-corrected chi connectivity index (χ4v) is 3.11. The summed E-state index contributed by atoms with van der Waals surface area (Å²) in [7, 11) is 0. The molecule has 23 heavy (non-hydrogen) atoms. The van der Waals surface area contributed by atoms with Crippen LogP contribution in [0.25, 0.3) is 0 Å². The molecule has 1 atom stereocenters. The van der Waals surface area contributed by atoms with Crippen molar-refractivity contribution in [3.8, 4) is 0 Å².